The van der Waals surface area contributed by atoms with Crippen molar-refractivity contribution in [1.29, 1.82) is 0 Å². The largest absolute Gasteiger partial charge is 0.278 e. The Kier molecular flexibility index (Phi) is 6.04. The first-order chi connectivity index (χ1) is 23.1. The summed E-state index contributed by atoms with van der Waals surface area (Å²) >= 11 is 0. The van der Waals surface area contributed by atoms with Gasteiger partial charge in [0.15, 0.2) is 11.6 Å². The van der Waals surface area contributed by atoms with E-state index in [1.165, 1.54) is 44.2 Å². The zero-order valence-corrected chi connectivity index (χ0v) is 28.6. The van der Waals surface area contributed by atoms with Gasteiger partial charge in [0.2, 0.25) is 5.95 Å². The minimum Gasteiger partial charge on any atom is -0.278 e. The highest BCUT2D eigenvalue weighted by Gasteiger charge is 2.57. The molecule has 2 aliphatic carbocycles. The summed E-state index contributed by atoms with van der Waals surface area (Å²) in [5.41, 5.74) is 12.6. The summed E-state index contributed by atoms with van der Waals surface area (Å²) in [6.07, 6.45) is 2.05. The van der Waals surface area contributed by atoms with Crippen LogP contribution in [0.25, 0.3) is 61.7 Å². The van der Waals surface area contributed by atoms with Crippen molar-refractivity contribution < 1.29 is 0 Å². The SMILES string of the molecule is CC1(C)c2cc3c4cc5c(cc4n(-c4nc(-c6ccccc6)nc(-c6ccccc6)n4)c3cc2C(C)(C)C1(C)C)CCc1ccccc1-5. The molecule has 2 aromatic heterocycles. The molecular formula is C44H40N4. The van der Waals surface area contributed by atoms with E-state index in [1.807, 2.05) is 36.4 Å². The van der Waals surface area contributed by atoms with Gasteiger partial charge in [-0.15, -0.1) is 0 Å². The molecule has 4 nitrogen and oxygen atoms in total. The van der Waals surface area contributed by atoms with Gasteiger partial charge in [-0.05, 0) is 86.7 Å². The lowest BCUT2D eigenvalue weighted by Gasteiger charge is -2.44. The van der Waals surface area contributed by atoms with Crippen LogP contribution in [-0.4, -0.2) is 19.5 Å². The summed E-state index contributed by atoms with van der Waals surface area (Å²) in [4.78, 5) is 15.5. The summed E-state index contributed by atoms with van der Waals surface area (Å²) in [5, 5.41) is 2.49. The third-order valence-corrected chi connectivity index (χ3v) is 12.5. The Morgan fingerprint density at radius 1 is 0.500 bits per heavy atom. The van der Waals surface area contributed by atoms with Crippen molar-refractivity contribution in [3.05, 3.63) is 131 Å². The van der Waals surface area contributed by atoms with Crippen LogP contribution in [-0.2, 0) is 23.7 Å². The quantitative estimate of drug-likeness (QED) is 0.196. The Hall–Kier alpha value is -5.09. The Morgan fingerprint density at radius 3 is 1.67 bits per heavy atom. The number of hydrogen-bond acceptors (Lipinski definition) is 3. The Labute approximate surface area is 282 Å². The molecule has 0 unspecified atom stereocenters. The predicted octanol–water partition coefficient (Wildman–Crippen LogP) is 10.7. The van der Waals surface area contributed by atoms with Gasteiger partial charge >= 0.3 is 0 Å². The molecule has 0 bridgehead atoms. The molecule has 2 aliphatic rings. The Balaban J connectivity index is 1.41. The van der Waals surface area contributed by atoms with Crippen molar-refractivity contribution in [2.75, 3.05) is 0 Å². The van der Waals surface area contributed by atoms with Gasteiger partial charge in [0.1, 0.15) is 0 Å². The number of nitrogens with zero attached hydrogens (tertiary/aromatic N) is 4. The van der Waals surface area contributed by atoms with Crippen LogP contribution in [0.5, 0.6) is 0 Å². The van der Waals surface area contributed by atoms with Crippen LogP contribution in [0, 0.1) is 5.41 Å². The molecule has 0 saturated heterocycles. The number of aromatic nitrogens is 4. The first-order valence-electron chi connectivity index (χ1n) is 17.2. The molecule has 0 saturated carbocycles. The zero-order valence-electron chi connectivity index (χ0n) is 28.6. The maximum Gasteiger partial charge on any atom is 0.238 e. The molecule has 0 fully saturated rings. The average Bonchev–Trinajstić information content (AvgIpc) is 3.47. The van der Waals surface area contributed by atoms with Crippen LogP contribution in [0.3, 0.4) is 0 Å². The summed E-state index contributed by atoms with van der Waals surface area (Å²) in [6.45, 7) is 14.5. The average molecular weight is 625 g/mol. The minimum absolute atomic E-state index is 0.0105. The number of aryl methyl sites for hydroxylation is 2. The summed E-state index contributed by atoms with van der Waals surface area (Å²) in [6, 6.07) is 39.3. The van der Waals surface area contributed by atoms with Crippen molar-refractivity contribution in [3.8, 4) is 39.9 Å². The molecule has 48 heavy (non-hydrogen) atoms. The monoisotopic (exact) mass is 624 g/mol. The van der Waals surface area contributed by atoms with E-state index in [-0.39, 0.29) is 16.2 Å². The van der Waals surface area contributed by atoms with E-state index in [2.05, 4.69) is 119 Å². The number of fused-ring (bicyclic) bond motifs is 7. The standard InChI is InChI=1S/C44H40N4/c1-42(2)35-25-34-33-24-32-30(22-21-27-15-13-14-20-31(27)32)23-37(33)48(38(34)26-36(35)43(3,4)44(42,5)6)41-46-39(28-16-9-7-10-17-28)45-40(47-41)29-18-11-8-12-19-29/h7-20,23-26H,21-22H2,1-6H3. The van der Waals surface area contributed by atoms with Crippen LogP contribution in [0.15, 0.2) is 109 Å². The molecule has 0 atom stereocenters. The lowest BCUT2D eigenvalue weighted by atomic mass is 9.59. The fourth-order valence-corrected chi connectivity index (χ4v) is 8.48. The van der Waals surface area contributed by atoms with Crippen molar-refractivity contribution in [2.24, 2.45) is 5.41 Å². The highest BCUT2D eigenvalue weighted by molar-refractivity contribution is 6.11. The fourth-order valence-electron chi connectivity index (χ4n) is 8.48. The molecule has 0 amide bonds. The minimum atomic E-state index is -0.0387. The van der Waals surface area contributed by atoms with Crippen LogP contribution < -0.4 is 0 Å². The van der Waals surface area contributed by atoms with Gasteiger partial charge in [0.25, 0.3) is 0 Å². The van der Waals surface area contributed by atoms with E-state index in [0.717, 1.165) is 35.0 Å². The van der Waals surface area contributed by atoms with Gasteiger partial charge < -0.3 is 0 Å². The Bertz CT molecular complexity index is 2360. The second-order valence-electron chi connectivity index (χ2n) is 15.3. The molecule has 0 aliphatic heterocycles. The van der Waals surface area contributed by atoms with Crippen molar-refractivity contribution in [1.82, 2.24) is 19.5 Å². The molecule has 236 valence electrons. The van der Waals surface area contributed by atoms with E-state index in [4.69, 9.17) is 15.0 Å². The van der Waals surface area contributed by atoms with Crippen molar-refractivity contribution in [2.45, 2.75) is 65.2 Å². The molecule has 2 heterocycles. The van der Waals surface area contributed by atoms with E-state index >= 15 is 0 Å². The molecule has 0 radical (unpaired) electrons. The first-order valence-corrected chi connectivity index (χ1v) is 17.2. The summed E-state index contributed by atoms with van der Waals surface area (Å²) in [5.74, 6) is 1.99. The lowest BCUT2D eigenvalue weighted by Crippen LogP contribution is -2.42. The van der Waals surface area contributed by atoms with Crippen LogP contribution in [0.4, 0.5) is 0 Å². The normalized spacial score (nSPS) is 16.9. The van der Waals surface area contributed by atoms with Crippen LogP contribution in [0.2, 0.25) is 0 Å². The molecule has 0 spiro atoms. The highest BCUT2D eigenvalue weighted by atomic mass is 15.2. The third-order valence-electron chi connectivity index (χ3n) is 12.5. The molecule has 5 aromatic carbocycles. The van der Waals surface area contributed by atoms with Crippen LogP contribution in [0.1, 0.15) is 63.8 Å². The fraction of sp³-hybridized carbons (Fsp3) is 0.250. The molecule has 0 N–H and O–H groups in total. The Morgan fingerprint density at radius 2 is 1.02 bits per heavy atom. The zero-order chi connectivity index (χ0) is 33.0. The van der Waals surface area contributed by atoms with Gasteiger partial charge in [-0.25, -0.2) is 4.98 Å². The van der Waals surface area contributed by atoms with Gasteiger partial charge in [-0.3, -0.25) is 4.57 Å². The molecule has 7 aromatic rings. The second kappa shape index (κ2) is 9.96. The maximum atomic E-state index is 5.25. The van der Waals surface area contributed by atoms with E-state index in [1.54, 1.807) is 0 Å². The van der Waals surface area contributed by atoms with Gasteiger partial charge in [0, 0.05) is 21.9 Å². The van der Waals surface area contributed by atoms with Crippen molar-refractivity contribution in [3.63, 3.8) is 0 Å². The number of benzene rings is 5. The lowest BCUT2D eigenvalue weighted by molar-refractivity contribution is 0.125. The van der Waals surface area contributed by atoms with Crippen molar-refractivity contribution >= 4 is 21.8 Å². The first kappa shape index (κ1) is 29.1. The molecule has 4 heteroatoms. The smallest absolute Gasteiger partial charge is 0.238 e. The van der Waals surface area contributed by atoms with Crippen LogP contribution >= 0.6 is 0 Å². The summed E-state index contributed by atoms with van der Waals surface area (Å²) < 4.78 is 2.32. The van der Waals surface area contributed by atoms with Gasteiger partial charge in [0.05, 0.1) is 11.0 Å². The molecular weight excluding hydrogens is 585 g/mol. The van der Waals surface area contributed by atoms with E-state index < -0.39 is 0 Å². The predicted molar refractivity (Wildman–Crippen MR) is 198 cm³/mol. The van der Waals surface area contributed by atoms with E-state index in [0.29, 0.717) is 17.6 Å². The third kappa shape index (κ3) is 3.92. The second-order valence-corrected chi connectivity index (χ2v) is 15.3. The van der Waals surface area contributed by atoms with Gasteiger partial charge in [-0.2, -0.15) is 9.97 Å². The van der Waals surface area contributed by atoms with E-state index in [9.17, 15) is 0 Å². The number of hydrogen-bond donors (Lipinski definition) is 0. The highest BCUT2D eigenvalue weighted by Crippen LogP contribution is 2.62. The van der Waals surface area contributed by atoms with Gasteiger partial charge in [-0.1, -0.05) is 126 Å². The number of rotatable bonds is 3. The topological polar surface area (TPSA) is 43.6 Å². The summed E-state index contributed by atoms with van der Waals surface area (Å²) in [7, 11) is 0. The molecule has 9 rings (SSSR count). The maximum absolute atomic E-state index is 5.25.